The van der Waals surface area contributed by atoms with E-state index in [4.69, 9.17) is 11.6 Å². The van der Waals surface area contributed by atoms with Gasteiger partial charge in [0, 0.05) is 12.1 Å². The van der Waals surface area contributed by atoms with E-state index in [0.717, 1.165) is 11.8 Å². The molecule has 0 amide bonds. The Bertz CT molecular complexity index is 558. The maximum atomic E-state index is 12.0. The van der Waals surface area contributed by atoms with Crippen molar-refractivity contribution < 1.29 is 13.3 Å². The second kappa shape index (κ2) is 6.89. The molecule has 10 heteroatoms. The summed E-state index contributed by atoms with van der Waals surface area (Å²) in [7, 11) is -3.75. The second-order valence-corrected chi connectivity index (χ2v) is 8.37. The molecule has 1 aromatic rings. The molecule has 0 bridgehead atoms. The Morgan fingerprint density at radius 2 is 2.26 bits per heavy atom. The fourth-order valence-corrected chi connectivity index (χ4v) is 4.82. The quantitative estimate of drug-likeness (QED) is 0.606. The Balaban J connectivity index is 2.89. The van der Waals surface area contributed by atoms with Crippen molar-refractivity contribution in [2.45, 2.75) is 23.6 Å². The van der Waals surface area contributed by atoms with Crippen molar-refractivity contribution >= 4 is 50.4 Å². The first-order valence-electron chi connectivity index (χ1n) is 5.23. The van der Waals surface area contributed by atoms with Gasteiger partial charge >= 0.3 is 0 Å². The van der Waals surface area contributed by atoms with E-state index in [-0.39, 0.29) is 20.3 Å². The van der Waals surface area contributed by atoms with Gasteiger partial charge in [-0.15, -0.1) is 11.3 Å². The number of thiophene rings is 1. The fourth-order valence-electron chi connectivity index (χ4n) is 1.27. The van der Waals surface area contributed by atoms with Gasteiger partial charge in [-0.05, 0) is 25.4 Å². The Labute approximate surface area is 124 Å². The number of nitrogens with zero attached hydrogens (tertiary/aromatic N) is 1. The molecule has 19 heavy (non-hydrogen) atoms. The highest BCUT2D eigenvalue weighted by molar-refractivity contribution is 7.98. The molecule has 1 rings (SSSR count). The van der Waals surface area contributed by atoms with Crippen LogP contribution in [0.15, 0.2) is 10.3 Å². The van der Waals surface area contributed by atoms with Crippen LogP contribution < -0.4 is 4.72 Å². The van der Waals surface area contributed by atoms with Crippen molar-refractivity contribution in [1.29, 1.82) is 0 Å². The molecule has 0 aliphatic rings. The van der Waals surface area contributed by atoms with Crippen LogP contribution in [0.4, 0.5) is 5.69 Å². The van der Waals surface area contributed by atoms with E-state index in [1.807, 2.05) is 6.26 Å². The summed E-state index contributed by atoms with van der Waals surface area (Å²) in [6.45, 7) is 1.75. The molecule has 108 valence electrons. The number of hydrogen-bond donors (Lipinski definition) is 1. The third-order valence-electron chi connectivity index (χ3n) is 2.22. The second-order valence-electron chi connectivity index (χ2n) is 3.79. The van der Waals surface area contributed by atoms with Gasteiger partial charge in [0.1, 0.15) is 4.21 Å². The van der Waals surface area contributed by atoms with Crippen LogP contribution in [0.2, 0.25) is 4.34 Å². The molecule has 0 radical (unpaired) electrons. The smallest absolute Gasteiger partial charge is 0.258 e. The van der Waals surface area contributed by atoms with E-state index in [1.165, 1.54) is 0 Å². The van der Waals surface area contributed by atoms with Gasteiger partial charge in [-0.2, -0.15) is 11.8 Å². The molecule has 0 saturated heterocycles. The lowest BCUT2D eigenvalue weighted by atomic mass is 10.3. The van der Waals surface area contributed by atoms with Gasteiger partial charge < -0.3 is 0 Å². The Morgan fingerprint density at radius 3 is 2.74 bits per heavy atom. The molecular formula is C9H13ClN2O4S3. The van der Waals surface area contributed by atoms with Crippen LogP contribution in [0, 0.1) is 10.1 Å². The van der Waals surface area contributed by atoms with Crippen LogP contribution in [-0.2, 0) is 10.0 Å². The van der Waals surface area contributed by atoms with Crippen molar-refractivity contribution in [1.82, 2.24) is 4.72 Å². The summed E-state index contributed by atoms with van der Waals surface area (Å²) in [4.78, 5) is 9.94. The maximum Gasteiger partial charge on any atom is 0.300 e. The number of hydrogen-bond acceptors (Lipinski definition) is 6. The van der Waals surface area contributed by atoms with Gasteiger partial charge in [0.15, 0.2) is 4.34 Å². The van der Waals surface area contributed by atoms with Gasteiger partial charge in [-0.25, -0.2) is 13.1 Å². The highest BCUT2D eigenvalue weighted by atomic mass is 35.5. The number of nitro groups is 1. The zero-order valence-corrected chi connectivity index (χ0v) is 13.5. The van der Waals surface area contributed by atoms with E-state index in [0.29, 0.717) is 17.8 Å². The zero-order valence-electron chi connectivity index (χ0n) is 10.3. The minimum atomic E-state index is -3.75. The minimum Gasteiger partial charge on any atom is -0.258 e. The molecule has 1 heterocycles. The number of thioether (sulfide) groups is 1. The van der Waals surface area contributed by atoms with Gasteiger partial charge in [0.25, 0.3) is 15.7 Å². The molecule has 0 aromatic carbocycles. The average molecular weight is 345 g/mol. The Hall–Kier alpha value is -0.350. The van der Waals surface area contributed by atoms with E-state index in [2.05, 4.69) is 4.72 Å². The number of nitrogens with one attached hydrogen (secondary N) is 1. The number of sulfonamides is 1. The van der Waals surface area contributed by atoms with Gasteiger partial charge in [-0.3, -0.25) is 10.1 Å². The summed E-state index contributed by atoms with van der Waals surface area (Å²) < 4.78 is 26.2. The third-order valence-corrected chi connectivity index (χ3v) is 6.26. The predicted molar refractivity (Wildman–Crippen MR) is 78.8 cm³/mol. The van der Waals surface area contributed by atoms with E-state index < -0.39 is 14.9 Å². The fraction of sp³-hybridized carbons (Fsp3) is 0.556. The van der Waals surface area contributed by atoms with Crippen LogP contribution in [0.5, 0.6) is 0 Å². The summed E-state index contributed by atoms with van der Waals surface area (Å²) in [5.41, 5.74) is -0.385. The zero-order chi connectivity index (χ0) is 14.6. The average Bonchev–Trinajstić information content (AvgIpc) is 2.69. The van der Waals surface area contributed by atoms with Crippen LogP contribution in [0.1, 0.15) is 13.3 Å². The van der Waals surface area contributed by atoms with Crippen molar-refractivity contribution in [3.05, 3.63) is 20.5 Å². The van der Waals surface area contributed by atoms with Gasteiger partial charge in [0.2, 0.25) is 0 Å². The molecule has 1 unspecified atom stereocenters. The summed E-state index contributed by atoms with van der Waals surface area (Å²) in [6.07, 6.45) is 2.62. The first-order valence-corrected chi connectivity index (χ1v) is 9.30. The largest absolute Gasteiger partial charge is 0.300 e. The number of rotatable bonds is 7. The van der Waals surface area contributed by atoms with E-state index in [1.54, 1.807) is 18.7 Å². The highest BCUT2D eigenvalue weighted by Crippen LogP contribution is 2.36. The molecular weight excluding hydrogens is 332 g/mol. The normalized spacial score (nSPS) is 13.4. The summed E-state index contributed by atoms with van der Waals surface area (Å²) in [5.74, 6) is 0.828. The van der Waals surface area contributed by atoms with Crippen molar-refractivity contribution in [3.8, 4) is 0 Å². The summed E-state index contributed by atoms with van der Waals surface area (Å²) in [5, 5.41) is 10.6. The predicted octanol–water partition coefficient (Wildman–Crippen LogP) is 2.73. The summed E-state index contributed by atoms with van der Waals surface area (Å²) >= 11 is 7.95. The first kappa shape index (κ1) is 16.7. The molecule has 1 atom stereocenters. The molecule has 1 aromatic heterocycles. The van der Waals surface area contributed by atoms with Gasteiger partial charge in [-0.1, -0.05) is 11.6 Å². The lowest BCUT2D eigenvalue weighted by molar-refractivity contribution is -0.384. The first-order chi connectivity index (χ1) is 8.77. The lowest BCUT2D eigenvalue weighted by Gasteiger charge is -2.12. The molecule has 0 aliphatic carbocycles. The third kappa shape index (κ3) is 4.60. The lowest BCUT2D eigenvalue weighted by Crippen LogP contribution is -2.32. The van der Waals surface area contributed by atoms with Crippen molar-refractivity contribution in [2.75, 3.05) is 12.0 Å². The van der Waals surface area contributed by atoms with Crippen LogP contribution in [0.25, 0.3) is 0 Å². The van der Waals surface area contributed by atoms with Crippen LogP contribution in [0.3, 0.4) is 0 Å². The Morgan fingerprint density at radius 1 is 1.63 bits per heavy atom. The molecule has 0 spiro atoms. The molecule has 0 saturated carbocycles. The van der Waals surface area contributed by atoms with Crippen LogP contribution in [-0.4, -0.2) is 31.4 Å². The monoisotopic (exact) mass is 344 g/mol. The molecule has 0 aliphatic heterocycles. The minimum absolute atomic E-state index is 0.137. The van der Waals surface area contributed by atoms with Gasteiger partial charge in [0.05, 0.1) is 4.92 Å². The molecule has 6 nitrogen and oxygen atoms in total. The molecule has 1 N–H and O–H groups in total. The molecule has 0 fully saturated rings. The van der Waals surface area contributed by atoms with Crippen LogP contribution >= 0.6 is 34.7 Å². The van der Waals surface area contributed by atoms with Crippen molar-refractivity contribution in [2.24, 2.45) is 0 Å². The maximum absolute atomic E-state index is 12.0. The Kier molecular flexibility index (Phi) is 6.06. The topological polar surface area (TPSA) is 89.3 Å². The van der Waals surface area contributed by atoms with Crippen molar-refractivity contribution in [3.63, 3.8) is 0 Å². The van der Waals surface area contributed by atoms with E-state index >= 15 is 0 Å². The van der Waals surface area contributed by atoms with E-state index in [9.17, 15) is 18.5 Å². The standard InChI is InChI=1S/C9H13ClN2O4S3/c1-6(3-4-17-2)11-19(15,16)8-5-7(12(13)14)9(10)18-8/h5-6,11H,3-4H2,1-2H3. The highest BCUT2D eigenvalue weighted by Gasteiger charge is 2.26. The SMILES string of the molecule is CSCCC(C)NS(=O)(=O)c1cc([N+](=O)[O-])c(Cl)s1. The summed E-state index contributed by atoms with van der Waals surface area (Å²) in [6, 6.07) is 0.744. The number of halogens is 1.